The third-order valence-corrected chi connectivity index (χ3v) is 4.81. The molecule has 3 heterocycles. The molecule has 0 unspecified atom stereocenters. The molecule has 0 aliphatic carbocycles. The predicted molar refractivity (Wildman–Crippen MR) is 95.7 cm³/mol. The molecule has 1 saturated heterocycles. The van der Waals surface area contributed by atoms with Gasteiger partial charge in [-0.05, 0) is 25.2 Å². The van der Waals surface area contributed by atoms with Crippen LogP contribution in [0, 0.1) is 5.92 Å². The maximum Gasteiger partial charge on any atom is 0.329 e. The molecule has 1 fully saturated rings. The normalized spacial score (nSPS) is 16.1. The van der Waals surface area contributed by atoms with Gasteiger partial charge in [-0.25, -0.2) is 4.79 Å². The average molecular weight is 333 g/mol. The number of aryl methyl sites for hydroxylation is 2. The van der Waals surface area contributed by atoms with E-state index in [0.717, 1.165) is 44.8 Å². The number of H-pyrrole nitrogens is 1. The van der Waals surface area contributed by atoms with Crippen molar-refractivity contribution in [3.63, 3.8) is 0 Å². The zero-order valence-corrected chi connectivity index (χ0v) is 14.8. The molecule has 0 spiro atoms. The number of fused-ring (bicyclic) bond motifs is 1. The van der Waals surface area contributed by atoms with Crippen LogP contribution in [0.15, 0.2) is 9.59 Å². The van der Waals surface area contributed by atoms with E-state index in [0.29, 0.717) is 17.1 Å². The van der Waals surface area contributed by atoms with Crippen LogP contribution in [0.4, 0.5) is 5.95 Å². The minimum absolute atomic E-state index is 0.342. The Balaban J connectivity index is 2.17. The Morgan fingerprint density at radius 3 is 2.42 bits per heavy atom. The highest BCUT2D eigenvalue weighted by Crippen LogP contribution is 2.23. The summed E-state index contributed by atoms with van der Waals surface area (Å²) in [4.78, 5) is 33.7. The molecule has 132 valence electrons. The van der Waals surface area contributed by atoms with Gasteiger partial charge < -0.3 is 9.47 Å². The van der Waals surface area contributed by atoms with Gasteiger partial charge in [0.15, 0.2) is 11.2 Å². The van der Waals surface area contributed by atoms with Crippen LogP contribution in [0.25, 0.3) is 11.2 Å². The lowest BCUT2D eigenvalue weighted by molar-refractivity contribution is 0.519. The van der Waals surface area contributed by atoms with E-state index in [1.165, 1.54) is 17.4 Å². The summed E-state index contributed by atoms with van der Waals surface area (Å²) in [5, 5.41) is 0. The van der Waals surface area contributed by atoms with Crippen molar-refractivity contribution in [1.29, 1.82) is 0 Å². The summed E-state index contributed by atoms with van der Waals surface area (Å²) in [5.74, 6) is 1.37. The molecule has 3 rings (SSSR count). The summed E-state index contributed by atoms with van der Waals surface area (Å²) in [6, 6.07) is 0. The smallest absolute Gasteiger partial charge is 0.329 e. The lowest BCUT2D eigenvalue weighted by Gasteiger charge is -2.22. The summed E-state index contributed by atoms with van der Waals surface area (Å²) >= 11 is 0. The quantitative estimate of drug-likeness (QED) is 0.926. The maximum atomic E-state index is 12.4. The van der Waals surface area contributed by atoms with E-state index in [9.17, 15) is 9.59 Å². The van der Waals surface area contributed by atoms with Gasteiger partial charge in [0.25, 0.3) is 5.56 Å². The first-order valence-corrected chi connectivity index (χ1v) is 8.93. The van der Waals surface area contributed by atoms with Crippen molar-refractivity contribution in [1.82, 2.24) is 19.1 Å². The van der Waals surface area contributed by atoms with Crippen molar-refractivity contribution in [3.05, 3.63) is 20.8 Å². The fourth-order valence-corrected chi connectivity index (χ4v) is 3.33. The Bertz CT molecular complexity index is 822. The van der Waals surface area contributed by atoms with E-state index >= 15 is 0 Å². The second-order valence-electron chi connectivity index (χ2n) is 7.14. The number of anilines is 1. The first kappa shape index (κ1) is 16.8. The molecule has 1 N–H and O–H groups in total. The minimum Gasteiger partial charge on any atom is -0.342 e. The fourth-order valence-electron chi connectivity index (χ4n) is 3.33. The van der Waals surface area contributed by atoms with E-state index < -0.39 is 5.69 Å². The number of aromatic nitrogens is 4. The average Bonchev–Trinajstić information content (AvgIpc) is 2.71. The van der Waals surface area contributed by atoms with Crippen molar-refractivity contribution < 1.29 is 0 Å². The van der Waals surface area contributed by atoms with Crippen LogP contribution in [0.2, 0.25) is 0 Å². The van der Waals surface area contributed by atoms with Crippen molar-refractivity contribution in [2.75, 3.05) is 18.0 Å². The molecule has 1 aliphatic heterocycles. The summed E-state index contributed by atoms with van der Waals surface area (Å²) in [6.45, 7) is 6.99. The van der Waals surface area contributed by atoms with Crippen LogP contribution in [-0.4, -0.2) is 32.2 Å². The molecule has 2 aromatic heterocycles. The van der Waals surface area contributed by atoms with E-state index in [2.05, 4.69) is 23.7 Å². The van der Waals surface area contributed by atoms with Gasteiger partial charge in [0.2, 0.25) is 5.95 Å². The minimum atomic E-state index is -0.413. The number of hydrogen-bond acceptors (Lipinski definition) is 4. The van der Waals surface area contributed by atoms with Crippen LogP contribution in [0.1, 0.15) is 46.0 Å². The van der Waals surface area contributed by atoms with Gasteiger partial charge in [0, 0.05) is 26.7 Å². The van der Waals surface area contributed by atoms with Gasteiger partial charge >= 0.3 is 5.69 Å². The van der Waals surface area contributed by atoms with Crippen molar-refractivity contribution in [2.45, 2.75) is 52.5 Å². The molecule has 2 aromatic rings. The number of hydrogen-bond donors (Lipinski definition) is 1. The monoisotopic (exact) mass is 333 g/mol. The zero-order chi connectivity index (χ0) is 17.3. The summed E-state index contributed by atoms with van der Waals surface area (Å²) in [6.07, 6.45) is 5.73. The van der Waals surface area contributed by atoms with Gasteiger partial charge in [-0.1, -0.05) is 26.7 Å². The van der Waals surface area contributed by atoms with E-state index in [1.54, 1.807) is 7.05 Å². The number of nitrogens with one attached hydrogen (secondary N) is 1. The number of imidazole rings is 1. The third kappa shape index (κ3) is 3.12. The van der Waals surface area contributed by atoms with E-state index in [4.69, 9.17) is 4.98 Å². The summed E-state index contributed by atoms with van der Waals surface area (Å²) in [7, 11) is 1.66. The lowest BCUT2D eigenvalue weighted by atomic mass is 10.1. The van der Waals surface area contributed by atoms with E-state index in [-0.39, 0.29) is 5.56 Å². The third-order valence-electron chi connectivity index (χ3n) is 4.81. The summed E-state index contributed by atoms with van der Waals surface area (Å²) < 4.78 is 3.45. The predicted octanol–water partition coefficient (Wildman–Crippen LogP) is 1.85. The first-order valence-electron chi connectivity index (χ1n) is 8.93. The molecule has 1 aliphatic rings. The van der Waals surface area contributed by atoms with Gasteiger partial charge in [0.05, 0.1) is 0 Å². The van der Waals surface area contributed by atoms with Gasteiger partial charge in [-0.3, -0.25) is 14.3 Å². The molecule has 0 bridgehead atoms. The SMILES string of the molecule is CC(C)CCn1c(N2CCCCCC2)nc2c1c(=O)[nH]c(=O)n2C. The second kappa shape index (κ2) is 6.83. The van der Waals surface area contributed by atoms with Gasteiger partial charge in [0.1, 0.15) is 0 Å². The van der Waals surface area contributed by atoms with Crippen LogP contribution in [-0.2, 0) is 13.6 Å². The van der Waals surface area contributed by atoms with Crippen molar-refractivity contribution in [2.24, 2.45) is 13.0 Å². The molecular formula is C17H27N5O2. The molecule has 0 radical (unpaired) electrons. The lowest BCUT2D eigenvalue weighted by Crippen LogP contribution is -2.30. The maximum absolute atomic E-state index is 12.4. The molecule has 7 nitrogen and oxygen atoms in total. The number of rotatable bonds is 4. The fraction of sp³-hybridized carbons (Fsp3) is 0.706. The Morgan fingerprint density at radius 2 is 1.79 bits per heavy atom. The van der Waals surface area contributed by atoms with Gasteiger partial charge in [-0.2, -0.15) is 4.98 Å². The first-order chi connectivity index (χ1) is 11.5. The number of aromatic amines is 1. The molecule has 0 amide bonds. The highest BCUT2D eigenvalue weighted by atomic mass is 16.2. The highest BCUT2D eigenvalue weighted by molar-refractivity contribution is 5.74. The Hall–Kier alpha value is -2.05. The topological polar surface area (TPSA) is 75.9 Å². The zero-order valence-electron chi connectivity index (χ0n) is 14.8. The van der Waals surface area contributed by atoms with Crippen molar-refractivity contribution >= 4 is 17.1 Å². The van der Waals surface area contributed by atoms with Crippen LogP contribution in [0.3, 0.4) is 0 Å². The molecule has 7 heteroatoms. The Kier molecular flexibility index (Phi) is 4.78. The Morgan fingerprint density at radius 1 is 1.12 bits per heavy atom. The van der Waals surface area contributed by atoms with Crippen LogP contribution < -0.4 is 16.1 Å². The highest BCUT2D eigenvalue weighted by Gasteiger charge is 2.22. The number of nitrogens with zero attached hydrogens (tertiary/aromatic N) is 4. The van der Waals surface area contributed by atoms with Crippen LogP contribution in [0.5, 0.6) is 0 Å². The standard InChI is InChI=1S/C17H27N5O2/c1-12(2)8-11-22-13-14(20(3)17(24)19-15(13)23)18-16(22)21-9-6-4-5-7-10-21/h12H,4-11H2,1-3H3,(H,19,23,24). The molecule has 0 atom stereocenters. The molecule has 0 saturated carbocycles. The molecular weight excluding hydrogens is 306 g/mol. The Labute approximate surface area is 141 Å². The second-order valence-corrected chi connectivity index (χ2v) is 7.14. The molecule has 0 aromatic carbocycles. The van der Waals surface area contributed by atoms with Crippen molar-refractivity contribution in [3.8, 4) is 0 Å². The van der Waals surface area contributed by atoms with Crippen LogP contribution >= 0.6 is 0 Å². The largest absolute Gasteiger partial charge is 0.342 e. The van der Waals surface area contributed by atoms with Gasteiger partial charge in [-0.15, -0.1) is 0 Å². The van der Waals surface area contributed by atoms with E-state index in [1.807, 2.05) is 4.57 Å². The molecule has 24 heavy (non-hydrogen) atoms. The summed E-state index contributed by atoms with van der Waals surface area (Å²) in [5.41, 5.74) is 0.234.